The maximum absolute atomic E-state index is 8.10. The molecule has 0 saturated carbocycles. The molecular formula is C5H6NO2. The number of nitriles is 1. The van der Waals surface area contributed by atoms with Crippen molar-refractivity contribution in [2.24, 2.45) is 0 Å². The molecular weight excluding hydrogens is 106 g/mol. The van der Waals surface area contributed by atoms with Gasteiger partial charge in [0.25, 0.3) is 0 Å². The van der Waals surface area contributed by atoms with E-state index in [1.54, 1.807) is 0 Å². The van der Waals surface area contributed by atoms with Gasteiger partial charge in [-0.3, -0.25) is 0 Å². The van der Waals surface area contributed by atoms with Crippen molar-refractivity contribution in [3.63, 3.8) is 0 Å². The second kappa shape index (κ2) is 2.65. The van der Waals surface area contributed by atoms with E-state index in [-0.39, 0.29) is 6.42 Å². The number of hydrogen-bond donors (Lipinski definition) is 0. The van der Waals surface area contributed by atoms with Gasteiger partial charge in [0, 0.05) is 0 Å². The Hall–Kier alpha value is -0.590. The van der Waals surface area contributed by atoms with Gasteiger partial charge < -0.3 is 9.47 Å². The quantitative estimate of drug-likeness (QED) is 0.494. The maximum Gasteiger partial charge on any atom is 0.238 e. The van der Waals surface area contributed by atoms with Crippen LogP contribution >= 0.6 is 0 Å². The smallest absolute Gasteiger partial charge is 0.238 e. The molecule has 0 spiro atoms. The van der Waals surface area contributed by atoms with Crippen molar-refractivity contribution in [1.29, 1.82) is 5.26 Å². The summed E-state index contributed by atoms with van der Waals surface area (Å²) in [6.07, 6.45) is 0.729. The van der Waals surface area contributed by atoms with Crippen molar-refractivity contribution in [2.45, 2.75) is 6.42 Å². The third-order valence-corrected chi connectivity index (χ3v) is 0.833. The summed E-state index contributed by atoms with van der Waals surface area (Å²) < 4.78 is 9.73. The van der Waals surface area contributed by atoms with Gasteiger partial charge in [0.15, 0.2) is 0 Å². The van der Waals surface area contributed by atoms with Crippen molar-refractivity contribution in [3.8, 4) is 6.07 Å². The van der Waals surface area contributed by atoms with Crippen molar-refractivity contribution < 1.29 is 9.47 Å². The minimum atomic E-state index is 0.264. The zero-order valence-corrected chi connectivity index (χ0v) is 4.39. The van der Waals surface area contributed by atoms with Gasteiger partial charge in [0.1, 0.15) is 0 Å². The Kier molecular flexibility index (Phi) is 1.84. The third-order valence-electron chi connectivity index (χ3n) is 0.833. The average Bonchev–Trinajstić information content (AvgIpc) is 2.19. The van der Waals surface area contributed by atoms with Crippen LogP contribution in [0.5, 0.6) is 0 Å². The van der Waals surface area contributed by atoms with E-state index in [4.69, 9.17) is 14.7 Å². The van der Waals surface area contributed by atoms with E-state index in [0.717, 1.165) is 0 Å². The van der Waals surface area contributed by atoms with Crippen molar-refractivity contribution in [2.75, 3.05) is 13.2 Å². The standard InChI is InChI=1S/C5H6NO2/c6-2-1-5-7-3-4-8-5/h1,3-4H2. The SMILES string of the molecule is N#CC[C]1OCCO1. The van der Waals surface area contributed by atoms with Crippen LogP contribution in [0.1, 0.15) is 6.42 Å². The molecule has 3 heteroatoms. The van der Waals surface area contributed by atoms with Gasteiger partial charge in [-0.2, -0.15) is 5.26 Å². The first-order valence-electron chi connectivity index (χ1n) is 2.42. The largest absolute Gasteiger partial charge is 0.342 e. The van der Waals surface area contributed by atoms with Crippen molar-refractivity contribution in [1.82, 2.24) is 0 Å². The maximum atomic E-state index is 8.10. The Morgan fingerprint density at radius 1 is 1.50 bits per heavy atom. The second-order valence-electron chi connectivity index (χ2n) is 1.40. The number of hydrogen-bond acceptors (Lipinski definition) is 3. The van der Waals surface area contributed by atoms with Crippen LogP contribution in [0, 0.1) is 17.6 Å². The molecule has 0 bridgehead atoms. The molecule has 1 aliphatic heterocycles. The Balaban J connectivity index is 2.17. The van der Waals surface area contributed by atoms with E-state index in [2.05, 4.69) is 0 Å². The predicted octanol–water partition coefficient (Wildman–Crippen LogP) is 0.436. The summed E-state index contributed by atoms with van der Waals surface area (Å²) in [5.74, 6) is 0. The molecule has 1 rings (SSSR count). The lowest BCUT2D eigenvalue weighted by molar-refractivity contribution is 0.0747. The zero-order valence-electron chi connectivity index (χ0n) is 4.39. The first-order valence-corrected chi connectivity index (χ1v) is 2.42. The molecule has 0 aliphatic carbocycles. The number of rotatable bonds is 1. The lowest BCUT2D eigenvalue weighted by Gasteiger charge is -1.96. The van der Waals surface area contributed by atoms with Crippen LogP contribution in [-0.4, -0.2) is 13.2 Å². The summed E-state index contributed by atoms with van der Waals surface area (Å²) in [5, 5.41) is 8.10. The Morgan fingerprint density at radius 3 is 2.62 bits per heavy atom. The molecule has 3 nitrogen and oxygen atoms in total. The topological polar surface area (TPSA) is 42.2 Å². The van der Waals surface area contributed by atoms with Gasteiger partial charge in [0.2, 0.25) is 6.29 Å². The fourth-order valence-corrected chi connectivity index (χ4v) is 0.519. The van der Waals surface area contributed by atoms with Gasteiger partial charge in [-0.15, -0.1) is 0 Å². The Bertz CT molecular complexity index is 101. The molecule has 0 unspecified atom stereocenters. The van der Waals surface area contributed by atoms with Gasteiger partial charge in [0.05, 0.1) is 25.7 Å². The monoisotopic (exact) mass is 112 g/mol. The summed E-state index contributed by atoms with van der Waals surface area (Å²) in [5.41, 5.74) is 0. The highest BCUT2D eigenvalue weighted by atomic mass is 16.7. The first-order chi connectivity index (χ1) is 3.93. The van der Waals surface area contributed by atoms with Crippen LogP contribution in [0.3, 0.4) is 0 Å². The van der Waals surface area contributed by atoms with E-state index in [0.29, 0.717) is 19.5 Å². The molecule has 0 aromatic rings. The highest BCUT2D eigenvalue weighted by molar-refractivity contribution is 4.84. The zero-order chi connectivity index (χ0) is 5.82. The van der Waals surface area contributed by atoms with E-state index in [1.807, 2.05) is 6.07 Å². The summed E-state index contributed by atoms with van der Waals surface area (Å²) in [4.78, 5) is 0. The molecule has 0 aromatic heterocycles. The van der Waals surface area contributed by atoms with Crippen LogP contribution in [0.15, 0.2) is 0 Å². The Morgan fingerprint density at radius 2 is 2.12 bits per heavy atom. The van der Waals surface area contributed by atoms with E-state index in [9.17, 15) is 0 Å². The first kappa shape index (κ1) is 5.54. The normalized spacial score (nSPS) is 20.9. The van der Waals surface area contributed by atoms with Gasteiger partial charge in [-0.1, -0.05) is 0 Å². The van der Waals surface area contributed by atoms with Gasteiger partial charge >= 0.3 is 0 Å². The molecule has 1 fully saturated rings. The second-order valence-corrected chi connectivity index (χ2v) is 1.40. The van der Waals surface area contributed by atoms with Crippen LogP contribution < -0.4 is 0 Å². The minimum absolute atomic E-state index is 0.264. The van der Waals surface area contributed by atoms with Gasteiger partial charge in [-0.25, -0.2) is 0 Å². The summed E-state index contributed by atoms with van der Waals surface area (Å²) in [6, 6.07) is 1.92. The molecule has 0 aromatic carbocycles. The highest BCUT2D eigenvalue weighted by Gasteiger charge is 2.16. The summed E-state index contributed by atoms with van der Waals surface area (Å²) in [6.45, 7) is 1.19. The molecule has 0 amide bonds. The summed E-state index contributed by atoms with van der Waals surface area (Å²) >= 11 is 0. The number of nitrogens with zero attached hydrogens (tertiary/aromatic N) is 1. The van der Waals surface area contributed by atoms with Crippen LogP contribution in [0.4, 0.5) is 0 Å². The highest BCUT2D eigenvalue weighted by Crippen LogP contribution is 2.14. The van der Waals surface area contributed by atoms with E-state index >= 15 is 0 Å². The summed E-state index contributed by atoms with van der Waals surface area (Å²) in [7, 11) is 0. The molecule has 1 saturated heterocycles. The molecule has 8 heavy (non-hydrogen) atoms. The van der Waals surface area contributed by atoms with Gasteiger partial charge in [-0.05, 0) is 0 Å². The van der Waals surface area contributed by atoms with Crippen LogP contribution in [-0.2, 0) is 9.47 Å². The Labute approximate surface area is 47.8 Å². The van der Waals surface area contributed by atoms with E-state index < -0.39 is 0 Å². The molecule has 1 radical (unpaired) electrons. The fraction of sp³-hybridized carbons (Fsp3) is 0.600. The number of ether oxygens (including phenoxy) is 2. The third kappa shape index (κ3) is 1.19. The molecule has 0 atom stereocenters. The fourth-order valence-electron chi connectivity index (χ4n) is 0.519. The lowest BCUT2D eigenvalue weighted by Crippen LogP contribution is -1.93. The van der Waals surface area contributed by atoms with Crippen LogP contribution in [0.25, 0.3) is 0 Å². The van der Waals surface area contributed by atoms with Crippen molar-refractivity contribution >= 4 is 0 Å². The predicted molar refractivity (Wildman–Crippen MR) is 25.4 cm³/mol. The van der Waals surface area contributed by atoms with E-state index in [1.165, 1.54) is 0 Å². The molecule has 1 heterocycles. The van der Waals surface area contributed by atoms with Crippen molar-refractivity contribution in [3.05, 3.63) is 6.29 Å². The molecule has 0 N–H and O–H groups in total. The average molecular weight is 112 g/mol. The minimum Gasteiger partial charge on any atom is -0.342 e. The van der Waals surface area contributed by atoms with Crippen LogP contribution in [0.2, 0.25) is 0 Å². The molecule has 1 aliphatic rings. The lowest BCUT2D eigenvalue weighted by atomic mass is 10.5. The molecule has 43 valence electrons.